The van der Waals surface area contributed by atoms with Crippen LogP contribution in [0.5, 0.6) is 0 Å². The van der Waals surface area contributed by atoms with Gasteiger partial charge in [-0.3, -0.25) is 4.68 Å². The van der Waals surface area contributed by atoms with Crippen LogP contribution in [0.25, 0.3) is 0 Å². The van der Waals surface area contributed by atoms with E-state index in [1.807, 2.05) is 13.2 Å². The number of benzene rings is 1. The standard InChI is InChI=1S/C18H22F3N5O/c1-12-6-13(18(19,20)21)8-15(7-12)24-17(27)23-14-4-3-5-26(10-14)16-9-22-25(2)11-16/h6-9,11,14H,3-5,10H2,1-2H3,(H2,23,24,27)/t14-/m0/s1. The molecule has 0 unspecified atom stereocenters. The molecule has 2 N–H and O–H groups in total. The summed E-state index contributed by atoms with van der Waals surface area (Å²) in [6, 6.07) is 2.90. The monoisotopic (exact) mass is 381 g/mol. The van der Waals surface area contributed by atoms with Gasteiger partial charge in [0.15, 0.2) is 0 Å². The summed E-state index contributed by atoms with van der Waals surface area (Å²) in [5, 5.41) is 9.52. The molecular weight excluding hydrogens is 359 g/mol. The highest BCUT2D eigenvalue weighted by atomic mass is 19.4. The average Bonchev–Trinajstić information content (AvgIpc) is 3.00. The van der Waals surface area contributed by atoms with Gasteiger partial charge in [0, 0.05) is 38.1 Å². The van der Waals surface area contributed by atoms with Gasteiger partial charge < -0.3 is 15.5 Å². The number of halogens is 3. The normalized spacial score (nSPS) is 17.7. The molecule has 9 heteroatoms. The summed E-state index contributed by atoms with van der Waals surface area (Å²) in [6.45, 7) is 3.06. The van der Waals surface area contributed by atoms with Crippen molar-refractivity contribution in [3.05, 3.63) is 41.7 Å². The number of nitrogens with one attached hydrogen (secondary N) is 2. The van der Waals surface area contributed by atoms with Gasteiger partial charge in [-0.2, -0.15) is 18.3 Å². The highest BCUT2D eigenvalue weighted by molar-refractivity contribution is 5.89. The highest BCUT2D eigenvalue weighted by Crippen LogP contribution is 2.31. The quantitative estimate of drug-likeness (QED) is 0.855. The fraction of sp³-hybridized carbons (Fsp3) is 0.444. The molecule has 1 saturated heterocycles. The Labute approximate surface area is 155 Å². The van der Waals surface area contributed by atoms with Crippen LogP contribution in [-0.2, 0) is 13.2 Å². The summed E-state index contributed by atoms with van der Waals surface area (Å²) < 4.78 is 40.5. The predicted octanol–water partition coefficient (Wildman–Crippen LogP) is 3.54. The van der Waals surface area contributed by atoms with E-state index in [1.54, 1.807) is 17.8 Å². The van der Waals surface area contributed by atoms with Crippen LogP contribution in [0.1, 0.15) is 24.0 Å². The maximum Gasteiger partial charge on any atom is 0.416 e. The van der Waals surface area contributed by atoms with Crippen LogP contribution in [0.4, 0.5) is 29.3 Å². The molecule has 1 aromatic heterocycles. The van der Waals surface area contributed by atoms with Crippen LogP contribution in [0.2, 0.25) is 0 Å². The van der Waals surface area contributed by atoms with Gasteiger partial charge in [-0.15, -0.1) is 0 Å². The zero-order valence-corrected chi connectivity index (χ0v) is 15.2. The Balaban J connectivity index is 1.61. The van der Waals surface area contributed by atoms with Gasteiger partial charge in [-0.1, -0.05) is 0 Å². The summed E-state index contributed by atoms with van der Waals surface area (Å²) >= 11 is 0. The molecule has 1 aliphatic heterocycles. The number of anilines is 2. The van der Waals surface area contributed by atoms with E-state index in [1.165, 1.54) is 6.07 Å². The molecule has 0 bridgehead atoms. The molecule has 0 aliphatic carbocycles. The van der Waals surface area contributed by atoms with E-state index in [0.717, 1.165) is 37.2 Å². The average molecular weight is 381 g/mol. The molecule has 6 nitrogen and oxygen atoms in total. The van der Waals surface area contributed by atoms with E-state index in [0.29, 0.717) is 12.1 Å². The van der Waals surface area contributed by atoms with E-state index in [2.05, 4.69) is 20.6 Å². The van der Waals surface area contributed by atoms with Gasteiger partial charge in [0.1, 0.15) is 0 Å². The van der Waals surface area contributed by atoms with E-state index in [9.17, 15) is 18.0 Å². The second-order valence-corrected chi connectivity index (χ2v) is 6.84. The number of aromatic nitrogens is 2. The second-order valence-electron chi connectivity index (χ2n) is 6.84. The van der Waals surface area contributed by atoms with Gasteiger partial charge in [0.05, 0.1) is 17.4 Å². The molecule has 2 amide bonds. The van der Waals surface area contributed by atoms with Crippen molar-refractivity contribution in [1.29, 1.82) is 0 Å². The number of urea groups is 1. The maximum absolute atomic E-state index is 12.9. The summed E-state index contributed by atoms with van der Waals surface area (Å²) in [4.78, 5) is 14.4. The van der Waals surface area contributed by atoms with Gasteiger partial charge in [0.2, 0.25) is 0 Å². The first-order valence-electron chi connectivity index (χ1n) is 8.71. The number of alkyl halides is 3. The third kappa shape index (κ3) is 4.93. The first kappa shape index (κ1) is 19.1. The van der Waals surface area contributed by atoms with Crippen molar-refractivity contribution < 1.29 is 18.0 Å². The molecule has 2 heterocycles. The second kappa shape index (κ2) is 7.50. The minimum atomic E-state index is -4.45. The Morgan fingerprint density at radius 1 is 1.30 bits per heavy atom. The Kier molecular flexibility index (Phi) is 5.29. The van der Waals surface area contributed by atoms with Crippen molar-refractivity contribution in [2.24, 2.45) is 7.05 Å². The number of hydrogen-bond donors (Lipinski definition) is 2. The van der Waals surface area contributed by atoms with Crippen LogP contribution in [0, 0.1) is 6.92 Å². The van der Waals surface area contributed by atoms with Crippen molar-refractivity contribution >= 4 is 17.4 Å². The number of carbonyl (C=O) groups excluding carboxylic acids is 1. The smallest absolute Gasteiger partial charge is 0.367 e. The van der Waals surface area contributed by atoms with Gasteiger partial charge in [0.25, 0.3) is 0 Å². The van der Waals surface area contributed by atoms with Crippen molar-refractivity contribution in [2.45, 2.75) is 32.0 Å². The van der Waals surface area contributed by atoms with Crippen molar-refractivity contribution in [1.82, 2.24) is 15.1 Å². The first-order chi connectivity index (χ1) is 12.7. The number of piperidine rings is 1. The van der Waals surface area contributed by atoms with Crippen molar-refractivity contribution in [3.8, 4) is 0 Å². The van der Waals surface area contributed by atoms with Crippen LogP contribution in [0.15, 0.2) is 30.6 Å². The van der Waals surface area contributed by atoms with E-state index < -0.39 is 17.8 Å². The van der Waals surface area contributed by atoms with E-state index >= 15 is 0 Å². The Morgan fingerprint density at radius 2 is 2.07 bits per heavy atom. The van der Waals surface area contributed by atoms with Gasteiger partial charge in [-0.25, -0.2) is 4.79 Å². The third-order valence-corrected chi connectivity index (χ3v) is 4.48. The number of hydrogen-bond acceptors (Lipinski definition) is 3. The lowest BCUT2D eigenvalue weighted by Gasteiger charge is -2.33. The van der Waals surface area contributed by atoms with E-state index in [4.69, 9.17) is 0 Å². The van der Waals surface area contributed by atoms with Crippen molar-refractivity contribution in [3.63, 3.8) is 0 Å². The summed E-state index contributed by atoms with van der Waals surface area (Å²) in [5.41, 5.74) is 0.761. The molecule has 27 heavy (non-hydrogen) atoms. The molecule has 0 saturated carbocycles. The topological polar surface area (TPSA) is 62.2 Å². The maximum atomic E-state index is 12.9. The van der Waals surface area contributed by atoms with Crippen molar-refractivity contribution in [2.75, 3.05) is 23.3 Å². The molecule has 2 aromatic rings. The van der Waals surface area contributed by atoms with Crippen LogP contribution < -0.4 is 15.5 Å². The summed E-state index contributed by atoms with van der Waals surface area (Å²) in [5.74, 6) is 0. The fourth-order valence-corrected chi connectivity index (χ4v) is 3.27. The Hall–Kier alpha value is -2.71. The molecule has 0 radical (unpaired) electrons. The lowest BCUT2D eigenvalue weighted by Crippen LogP contribution is -2.49. The molecule has 146 valence electrons. The fourth-order valence-electron chi connectivity index (χ4n) is 3.27. The number of nitrogens with zero attached hydrogens (tertiary/aromatic N) is 3. The van der Waals surface area contributed by atoms with Crippen LogP contribution >= 0.6 is 0 Å². The lowest BCUT2D eigenvalue weighted by molar-refractivity contribution is -0.137. The highest BCUT2D eigenvalue weighted by Gasteiger charge is 2.31. The summed E-state index contributed by atoms with van der Waals surface area (Å²) in [7, 11) is 1.84. The third-order valence-electron chi connectivity index (χ3n) is 4.48. The first-order valence-corrected chi connectivity index (χ1v) is 8.71. The van der Waals surface area contributed by atoms with E-state index in [-0.39, 0.29) is 11.7 Å². The van der Waals surface area contributed by atoms with Gasteiger partial charge in [-0.05, 0) is 43.5 Å². The minimum absolute atomic E-state index is 0.0918. The molecule has 1 atom stereocenters. The number of rotatable bonds is 3. The zero-order valence-electron chi connectivity index (χ0n) is 15.2. The lowest BCUT2D eigenvalue weighted by atomic mass is 10.1. The molecule has 0 spiro atoms. The Morgan fingerprint density at radius 3 is 2.74 bits per heavy atom. The van der Waals surface area contributed by atoms with Crippen LogP contribution in [0.3, 0.4) is 0 Å². The SMILES string of the molecule is Cc1cc(NC(=O)N[C@H]2CCCN(c3cnn(C)c3)C2)cc(C(F)(F)F)c1. The van der Waals surface area contributed by atoms with Crippen LogP contribution in [-0.4, -0.2) is 34.9 Å². The zero-order chi connectivity index (χ0) is 19.6. The largest absolute Gasteiger partial charge is 0.416 e. The number of amides is 2. The van der Waals surface area contributed by atoms with Gasteiger partial charge >= 0.3 is 12.2 Å². The Bertz CT molecular complexity index is 818. The minimum Gasteiger partial charge on any atom is -0.367 e. The number of carbonyl (C=O) groups is 1. The molecule has 1 fully saturated rings. The predicted molar refractivity (Wildman–Crippen MR) is 96.8 cm³/mol. The molecule has 3 rings (SSSR count). The molecule has 1 aliphatic rings. The summed E-state index contributed by atoms with van der Waals surface area (Å²) in [6.07, 6.45) is 0.947. The number of aryl methyl sites for hydroxylation is 2. The molecule has 1 aromatic carbocycles. The molecular formula is C18H22F3N5O.